The van der Waals surface area contributed by atoms with Crippen molar-refractivity contribution in [1.29, 1.82) is 0 Å². The van der Waals surface area contributed by atoms with E-state index in [4.69, 9.17) is 0 Å². The van der Waals surface area contributed by atoms with E-state index in [1.165, 1.54) is 17.0 Å². The summed E-state index contributed by atoms with van der Waals surface area (Å²) in [6, 6.07) is 11.5. The van der Waals surface area contributed by atoms with E-state index in [9.17, 15) is 23.1 Å². The van der Waals surface area contributed by atoms with E-state index in [1.54, 1.807) is 30.5 Å². The van der Waals surface area contributed by atoms with Crippen LogP contribution in [0.4, 0.5) is 30.4 Å². The lowest BCUT2D eigenvalue weighted by atomic mass is 9.92. The highest BCUT2D eigenvalue weighted by Gasteiger charge is 2.44. The Kier molecular flexibility index (Phi) is 7.70. The van der Waals surface area contributed by atoms with Crippen LogP contribution in [0.3, 0.4) is 0 Å². The molecule has 1 amide bonds. The van der Waals surface area contributed by atoms with Crippen LogP contribution in [0.25, 0.3) is 0 Å². The van der Waals surface area contributed by atoms with Crippen molar-refractivity contribution < 1.29 is 23.1 Å². The standard InChI is InChI=1S/C22H18F3IN4O2.ClH/c23-15-6-5-14(20(19(15)25)29-17-7-4-13(26)9-16(17)24)21(31)30-11-22(32,12-30)10-28-18-3-1-2-8-27-18;/h1-9,29,32H,10-12H2,(H,27,28);1H. The number of nitrogens with one attached hydrogen (secondary N) is 2. The molecule has 1 fully saturated rings. The van der Waals surface area contributed by atoms with Crippen molar-refractivity contribution in [3.63, 3.8) is 0 Å². The van der Waals surface area contributed by atoms with Gasteiger partial charge in [0.15, 0.2) is 11.6 Å². The van der Waals surface area contributed by atoms with Crippen molar-refractivity contribution >= 4 is 58.1 Å². The fourth-order valence-corrected chi connectivity index (χ4v) is 3.84. The fourth-order valence-electron chi connectivity index (χ4n) is 3.39. The quantitative estimate of drug-likeness (QED) is 0.367. The molecule has 1 aliphatic heterocycles. The molecule has 0 atom stereocenters. The Balaban J connectivity index is 0.00000306. The Bertz CT molecular complexity index is 1160. The smallest absolute Gasteiger partial charge is 0.256 e. The summed E-state index contributed by atoms with van der Waals surface area (Å²) >= 11 is 1.92. The van der Waals surface area contributed by atoms with E-state index in [2.05, 4.69) is 15.6 Å². The number of anilines is 3. The fraction of sp³-hybridized carbons (Fsp3) is 0.182. The minimum atomic E-state index is -1.29. The lowest BCUT2D eigenvalue weighted by Crippen LogP contribution is -2.66. The second kappa shape index (κ2) is 10.1. The number of carbonyl (C=O) groups excluding carboxylic acids is 1. The topological polar surface area (TPSA) is 77.5 Å². The Morgan fingerprint density at radius 3 is 2.55 bits per heavy atom. The van der Waals surface area contributed by atoms with E-state index in [0.29, 0.717) is 9.39 Å². The van der Waals surface area contributed by atoms with Crippen LogP contribution in [0.1, 0.15) is 10.4 Å². The number of aliphatic hydroxyl groups is 1. The number of nitrogens with zero attached hydrogens (tertiary/aromatic N) is 2. The average Bonchev–Trinajstić information content (AvgIpc) is 2.75. The molecule has 1 aromatic heterocycles. The number of hydrogen-bond donors (Lipinski definition) is 3. The van der Waals surface area contributed by atoms with Crippen LogP contribution < -0.4 is 10.6 Å². The maximum Gasteiger partial charge on any atom is 0.256 e. The molecule has 0 aliphatic carbocycles. The van der Waals surface area contributed by atoms with Gasteiger partial charge >= 0.3 is 0 Å². The molecule has 11 heteroatoms. The van der Waals surface area contributed by atoms with Crippen molar-refractivity contribution in [2.24, 2.45) is 0 Å². The highest BCUT2D eigenvalue weighted by Crippen LogP contribution is 2.31. The van der Waals surface area contributed by atoms with Crippen LogP contribution in [-0.4, -0.2) is 46.1 Å². The highest BCUT2D eigenvalue weighted by molar-refractivity contribution is 14.1. The van der Waals surface area contributed by atoms with Gasteiger partial charge in [-0.15, -0.1) is 12.4 Å². The zero-order valence-corrected chi connectivity index (χ0v) is 20.0. The summed E-state index contributed by atoms with van der Waals surface area (Å²) in [6.07, 6.45) is 1.61. The van der Waals surface area contributed by atoms with Crippen molar-refractivity contribution in [2.75, 3.05) is 30.3 Å². The molecule has 6 nitrogen and oxygen atoms in total. The Morgan fingerprint density at radius 2 is 1.88 bits per heavy atom. The summed E-state index contributed by atoms with van der Waals surface area (Å²) in [7, 11) is 0. The van der Waals surface area contributed by atoms with Crippen LogP contribution >= 0.6 is 35.0 Å². The molecule has 0 radical (unpaired) electrons. The van der Waals surface area contributed by atoms with Gasteiger partial charge in [0, 0.05) is 16.3 Å². The van der Waals surface area contributed by atoms with Crippen LogP contribution in [0.15, 0.2) is 54.7 Å². The first-order valence-electron chi connectivity index (χ1n) is 9.62. The lowest BCUT2D eigenvalue weighted by Gasteiger charge is -2.46. The number of likely N-dealkylation sites (tertiary alicyclic amines) is 1. The largest absolute Gasteiger partial charge is 0.384 e. The van der Waals surface area contributed by atoms with Gasteiger partial charge in [0.2, 0.25) is 0 Å². The van der Waals surface area contributed by atoms with Crippen LogP contribution in [0.2, 0.25) is 0 Å². The van der Waals surface area contributed by atoms with Crippen molar-refractivity contribution in [2.45, 2.75) is 5.60 Å². The second-order valence-electron chi connectivity index (χ2n) is 7.49. The first kappa shape index (κ1) is 25.1. The van der Waals surface area contributed by atoms with Gasteiger partial charge in [0.25, 0.3) is 5.91 Å². The number of aromatic nitrogens is 1. The number of hydrogen-bond acceptors (Lipinski definition) is 5. The number of pyridine rings is 1. The first-order chi connectivity index (χ1) is 15.3. The molecule has 0 saturated carbocycles. The monoisotopic (exact) mass is 590 g/mol. The first-order valence-corrected chi connectivity index (χ1v) is 10.7. The van der Waals surface area contributed by atoms with E-state index in [1.807, 2.05) is 22.6 Å². The van der Waals surface area contributed by atoms with E-state index < -0.39 is 34.6 Å². The molecule has 3 aromatic rings. The summed E-state index contributed by atoms with van der Waals surface area (Å²) in [4.78, 5) is 18.4. The Morgan fingerprint density at radius 1 is 1.12 bits per heavy atom. The number of halogens is 5. The maximum atomic E-state index is 14.6. The Labute approximate surface area is 207 Å². The summed E-state index contributed by atoms with van der Waals surface area (Å²) in [5, 5.41) is 16.1. The van der Waals surface area contributed by atoms with Gasteiger partial charge in [-0.1, -0.05) is 6.07 Å². The zero-order chi connectivity index (χ0) is 22.9. The van der Waals surface area contributed by atoms with Gasteiger partial charge < -0.3 is 20.6 Å². The molecular formula is C22H19ClF3IN4O2. The normalized spacial score (nSPS) is 14.2. The minimum Gasteiger partial charge on any atom is -0.384 e. The molecule has 3 N–H and O–H groups in total. The van der Waals surface area contributed by atoms with Crippen molar-refractivity contribution in [3.8, 4) is 0 Å². The van der Waals surface area contributed by atoms with Gasteiger partial charge in [-0.2, -0.15) is 0 Å². The van der Waals surface area contributed by atoms with Crippen LogP contribution in [0.5, 0.6) is 0 Å². The van der Waals surface area contributed by atoms with Gasteiger partial charge in [0.1, 0.15) is 17.2 Å². The molecule has 2 heterocycles. The molecule has 174 valence electrons. The number of benzene rings is 2. The van der Waals surface area contributed by atoms with Crippen molar-refractivity contribution in [3.05, 3.63) is 81.3 Å². The predicted octanol–water partition coefficient (Wildman–Crippen LogP) is 4.57. The van der Waals surface area contributed by atoms with E-state index in [0.717, 1.165) is 12.1 Å². The van der Waals surface area contributed by atoms with Crippen molar-refractivity contribution in [1.82, 2.24) is 9.88 Å². The number of amides is 1. The molecule has 33 heavy (non-hydrogen) atoms. The van der Waals surface area contributed by atoms with Gasteiger partial charge in [-0.05, 0) is 65.1 Å². The molecule has 0 unspecified atom stereocenters. The number of carbonyl (C=O) groups is 1. The molecule has 4 rings (SSSR count). The van der Waals surface area contributed by atoms with Gasteiger partial charge in [-0.3, -0.25) is 4.79 Å². The maximum absolute atomic E-state index is 14.6. The minimum absolute atomic E-state index is 0. The third-order valence-electron chi connectivity index (χ3n) is 5.04. The third kappa shape index (κ3) is 5.50. The summed E-state index contributed by atoms with van der Waals surface area (Å²) < 4.78 is 43.3. The molecule has 0 spiro atoms. The zero-order valence-electron chi connectivity index (χ0n) is 17.0. The van der Waals surface area contributed by atoms with Gasteiger partial charge in [-0.25, -0.2) is 18.2 Å². The molecule has 2 aromatic carbocycles. The number of rotatable bonds is 6. The molecule has 1 aliphatic rings. The van der Waals surface area contributed by atoms with E-state index >= 15 is 0 Å². The summed E-state index contributed by atoms with van der Waals surface area (Å²) in [5.74, 6) is -3.16. The molecular weight excluding hydrogens is 572 g/mol. The summed E-state index contributed by atoms with van der Waals surface area (Å²) in [6.45, 7) is 0.133. The summed E-state index contributed by atoms with van der Waals surface area (Å²) in [5.41, 5.74) is -1.91. The molecule has 0 bridgehead atoms. The SMILES string of the molecule is Cl.O=C(c1ccc(F)c(F)c1Nc1ccc(I)cc1F)N1CC(O)(CNc2ccccn2)C1. The number of β-amino-alcohol motifs (C(OH)–C–C–N with tert-alkyl or cyclic N) is 1. The average molecular weight is 591 g/mol. The lowest BCUT2D eigenvalue weighted by molar-refractivity contribution is -0.0707. The van der Waals surface area contributed by atoms with Crippen LogP contribution in [0, 0.1) is 21.0 Å². The van der Waals surface area contributed by atoms with E-state index in [-0.39, 0.29) is 43.3 Å². The Hall–Kier alpha value is -2.57. The second-order valence-corrected chi connectivity index (χ2v) is 8.73. The third-order valence-corrected chi connectivity index (χ3v) is 5.71. The van der Waals surface area contributed by atoms with Gasteiger partial charge in [0.05, 0.1) is 30.0 Å². The molecule has 1 saturated heterocycles. The highest BCUT2D eigenvalue weighted by atomic mass is 127. The predicted molar refractivity (Wildman–Crippen MR) is 130 cm³/mol. The van der Waals surface area contributed by atoms with Crippen LogP contribution in [-0.2, 0) is 0 Å².